The predicted octanol–water partition coefficient (Wildman–Crippen LogP) is 3.82. The van der Waals surface area contributed by atoms with Gasteiger partial charge in [0.25, 0.3) is 0 Å². The van der Waals surface area contributed by atoms with Crippen LogP contribution in [-0.2, 0) is 22.4 Å². The van der Waals surface area contributed by atoms with Crippen molar-refractivity contribution >= 4 is 45.6 Å². The van der Waals surface area contributed by atoms with Gasteiger partial charge in [0.2, 0.25) is 5.91 Å². The molecule has 0 radical (unpaired) electrons. The third kappa shape index (κ3) is 4.16. The molecule has 0 unspecified atom stereocenters. The van der Waals surface area contributed by atoms with E-state index < -0.39 is 0 Å². The van der Waals surface area contributed by atoms with Crippen LogP contribution < -0.4 is 5.32 Å². The standard InChI is InChI=1S/C20H22N4O3S2/c1-3-27-19(26)17-13-8-7-12(2)10-14(13)29-18(17)21-16(25)11-28-20-23-22-15-6-4-5-9-24(15)20/h4-6,9,12H,3,7-8,10-11H2,1-2H3,(H,21,25)/t12-/m1/s1. The summed E-state index contributed by atoms with van der Waals surface area (Å²) in [6.07, 6.45) is 4.68. The molecule has 9 heteroatoms. The molecule has 1 N–H and O–H groups in total. The van der Waals surface area contributed by atoms with Gasteiger partial charge in [0.1, 0.15) is 5.00 Å². The summed E-state index contributed by atoms with van der Waals surface area (Å²) in [6, 6.07) is 5.64. The van der Waals surface area contributed by atoms with E-state index in [9.17, 15) is 9.59 Å². The number of carbonyl (C=O) groups excluding carboxylic acids is 2. The molecule has 1 aliphatic carbocycles. The number of nitrogens with zero attached hydrogens (tertiary/aromatic N) is 3. The fourth-order valence-corrected chi connectivity index (χ4v) is 5.61. The SMILES string of the molecule is CCOC(=O)c1c(NC(=O)CSc2nnc3ccccn23)sc2c1CC[C@@H](C)C2. The number of amides is 1. The Morgan fingerprint density at radius 2 is 2.24 bits per heavy atom. The molecule has 1 atom stereocenters. The van der Waals surface area contributed by atoms with Gasteiger partial charge in [-0.3, -0.25) is 9.20 Å². The quantitative estimate of drug-likeness (QED) is 0.473. The van der Waals surface area contributed by atoms with Crippen molar-refractivity contribution in [1.82, 2.24) is 14.6 Å². The number of hydrogen-bond donors (Lipinski definition) is 1. The van der Waals surface area contributed by atoms with Crippen LogP contribution in [-0.4, -0.2) is 38.8 Å². The molecule has 0 bridgehead atoms. The molecular formula is C20H22N4O3S2. The van der Waals surface area contributed by atoms with Crippen LogP contribution in [0.1, 0.15) is 41.1 Å². The van der Waals surface area contributed by atoms with Gasteiger partial charge in [-0.15, -0.1) is 21.5 Å². The smallest absolute Gasteiger partial charge is 0.341 e. The second-order valence-electron chi connectivity index (χ2n) is 7.02. The summed E-state index contributed by atoms with van der Waals surface area (Å²) < 4.78 is 7.10. The van der Waals surface area contributed by atoms with Crippen LogP contribution >= 0.6 is 23.1 Å². The Labute approximate surface area is 176 Å². The van der Waals surface area contributed by atoms with Gasteiger partial charge in [0, 0.05) is 11.1 Å². The van der Waals surface area contributed by atoms with E-state index in [2.05, 4.69) is 22.4 Å². The number of pyridine rings is 1. The number of ether oxygens (including phenoxy) is 1. The first-order valence-electron chi connectivity index (χ1n) is 9.61. The van der Waals surface area contributed by atoms with Gasteiger partial charge in [-0.1, -0.05) is 24.8 Å². The van der Waals surface area contributed by atoms with Gasteiger partial charge in [-0.25, -0.2) is 4.79 Å². The summed E-state index contributed by atoms with van der Waals surface area (Å²) in [5, 5.41) is 12.4. The number of aromatic nitrogens is 3. The minimum absolute atomic E-state index is 0.178. The molecule has 0 fully saturated rings. The van der Waals surface area contributed by atoms with Gasteiger partial charge in [0.15, 0.2) is 10.8 Å². The Morgan fingerprint density at radius 3 is 3.07 bits per heavy atom. The van der Waals surface area contributed by atoms with Crippen LogP contribution in [0.15, 0.2) is 29.6 Å². The van der Waals surface area contributed by atoms with Crippen LogP contribution in [0.3, 0.4) is 0 Å². The molecule has 0 saturated heterocycles. The highest BCUT2D eigenvalue weighted by atomic mass is 32.2. The lowest BCUT2D eigenvalue weighted by atomic mass is 9.88. The molecule has 29 heavy (non-hydrogen) atoms. The molecule has 0 spiro atoms. The van der Waals surface area contributed by atoms with Crippen LogP contribution in [0.5, 0.6) is 0 Å². The number of anilines is 1. The first-order chi connectivity index (χ1) is 14.1. The number of thioether (sulfide) groups is 1. The number of nitrogens with one attached hydrogen (secondary N) is 1. The maximum absolute atomic E-state index is 12.6. The Hall–Kier alpha value is -2.39. The lowest BCUT2D eigenvalue weighted by molar-refractivity contribution is -0.113. The molecule has 7 nitrogen and oxygen atoms in total. The zero-order chi connectivity index (χ0) is 20.4. The van der Waals surface area contributed by atoms with E-state index in [4.69, 9.17) is 4.74 Å². The van der Waals surface area contributed by atoms with E-state index >= 15 is 0 Å². The van der Waals surface area contributed by atoms with Gasteiger partial charge < -0.3 is 10.1 Å². The molecule has 3 aromatic rings. The monoisotopic (exact) mass is 430 g/mol. The summed E-state index contributed by atoms with van der Waals surface area (Å²) in [7, 11) is 0. The van der Waals surface area contributed by atoms with Crippen molar-refractivity contribution in [3.05, 3.63) is 40.4 Å². The van der Waals surface area contributed by atoms with Crippen LogP contribution in [0.25, 0.3) is 5.65 Å². The highest BCUT2D eigenvalue weighted by Gasteiger charge is 2.29. The normalized spacial score (nSPS) is 15.9. The molecule has 3 heterocycles. The van der Waals surface area contributed by atoms with Crippen LogP contribution in [0.4, 0.5) is 5.00 Å². The first-order valence-corrected chi connectivity index (χ1v) is 11.4. The van der Waals surface area contributed by atoms with Crippen molar-refractivity contribution < 1.29 is 14.3 Å². The maximum atomic E-state index is 12.6. The average molecular weight is 431 g/mol. The lowest BCUT2D eigenvalue weighted by Crippen LogP contribution is -2.17. The number of esters is 1. The number of fused-ring (bicyclic) bond motifs is 2. The summed E-state index contributed by atoms with van der Waals surface area (Å²) in [6.45, 7) is 4.31. The second-order valence-corrected chi connectivity index (χ2v) is 9.07. The van der Waals surface area contributed by atoms with Gasteiger partial charge in [-0.05, 0) is 49.8 Å². The van der Waals surface area contributed by atoms with Crippen molar-refractivity contribution in [3.8, 4) is 0 Å². The summed E-state index contributed by atoms with van der Waals surface area (Å²) in [5.74, 6) is 0.221. The van der Waals surface area contributed by atoms with Crippen LogP contribution in [0, 0.1) is 5.92 Å². The van der Waals surface area contributed by atoms with Gasteiger partial charge >= 0.3 is 5.97 Å². The van der Waals surface area contributed by atoms with E-state index in [0.29, 0.717) is 28.2 Å². The van der Waals surface area contributed by atoms with E-state index in [1.54, 1.807) is 6.92 Å². The molecular weight excluding hydrogens is 408 g/mol. The number of carbonyl (C=O) groups is 2. The Morgan fingerprint density at radius 1 is 1.38 bits per heavy atom. The Kier molecular flexibility index (Phi) is 5.86. The highest BCUT2D eigenvalue weighted by Crippen LogP contribution is 2.40. The first kappa shape index (κ1) is 19.9. The third-order valence-electron chi connectivity index (χ3n) is 4.86. The van der Waals surface area contributed by atoms with Crippen molar-refractivity contribution in [2.24, 2.45) is 5.92 Å². The summed E-state index contributed by atoms with van der Waals surface area (Å²) >= 11 is 2.81. The zero-order valence-electron chi connectivity index (χ0n) is 16.3. The van der Waals surface area contributed by atoms with Gasteiger partial charge in [-0.2, -0.15) is 0 Å². The Balaban J connectivity index is 1.50. The molecule has 1 amide bonds. The van der Waals surface area contributed by atoms with Crippen molar-refractivity contribution in [2.45, 2.75) is 38.3 Å². The van der Waals surface area contributed by atoms with E-state index in [1.165, 1.54) is 28.0 Å². The molecule has 152 valence electrons. The second kappa shape index (κ2) is 8.54. The van der Waals surface area contributed by atoms with E-state index in [0.717, 1.165) is 30.5 Å². The molecule has 4 rings (SSSR count). The molecule has 0 aromatic carbocycles. The predicted molar refractivity (Wildman–Crippen MR) is 114 cm³/mol. The molecule has 0 aliphatic heterocycles. The van der Waals surface area contributed by atoms with Crippen molar-refractivity contribution in [3.63, 3.8) is 0 Å². The average Bonchev–Trinajstić information content (AvgIpc) is 3.27. The summed E-state index contributed by atoms with van der Waals surface area (Å²) in [4.78, 5) is 26.4. The highest BCUT2D eigenvalue weighted by molar-refractivity contribution is 7.99. The lowest BCUT2D eigenvalue weighted by Gasteiger charge is -2.18. The fourth-order valence-electron chi connectivity index (χ4n) is 3.47. The number of thiophene rings is 1. The Bertz CT molecular complexity index is 1060. The minimum atomic E-state index is -0.356. The van der Waals surface area contributed by atoms with Crippen molar-refractivity contribution in [1.29, 1.82) is 0 Å². The fraction of sp³-hybridized carbons (Fsp3) is 0.400. The minimum Gasteiger partial charge on any atom is -0.462 e. The largest absolute Gasteiger partial charge is 0.462 e. The van der Waals surface area contributed by atoms with Crippen molar-refractivity contribution in [2.75, 3.05) is 17.7 Å². The molecule has 0 saturated carbocycles. The van der Waals surface area contributed by atoms with Crippen LogP contribution in [0.2, 0.25) is 0 Å². The zero-order valence-corrected chi connectivity index (χ0v) is 17.9. The topological polar surface area (TPSA) is 85.6 Å². The van der Waals surface area contributed by atoms with E-state index in [-0.39, 0.29) is 17.6 Å². The third-order valence-corrected chi connectivity index (χ3v) is 6.97. The molecule has 3 aromatic heterocycles. The van der Waals surface area contributed by atoms with Gasteiger partial charge in [0.05, 0.1) is 17.9 Å². The summed E-state index contributed by atoms with van der Waals surface area (Å²) in [5.41, 5.74) is 2.31. The van der Waals surface area contributed by atoms with E-state index in [1.807, 2.05) is 28.8 Å². The number of rotatable bonds is 6. The maximum Gasteiger partial charge on any atom is 0.341 e. The molecule has 1 aliphatic rings. The number of hydrogen-bond acceptors (Lipinski definition) is 7.